The van der Waals surface area contributed by atoms with Crippen LogP contribution < -0.4 is 4.90 Å². The predicted molar refractivity (Wildman–Crippen MR) is 75.1 cm³/mol. The maximum Gasteiger partial charge on any atom is 0.433 e. The van der Waals surface area contributed by atoms with Crippen molar-refractivity contribution in [2.24, 2.45) is 0 Å². The summed E-state index contributed by atoms with van der Waals surface area (Å²) < 4.78 is 27.8. The van der Waals surface area contributed by atoms with E-state index in [1.807, 2.05) is 4.90 Å². The normalized spacial score (nSPS) is 17.8. The summed E-state index contributed by atoms with van der Waals surface area (Å²) in [5.41, 5.74) is 0. The summed E-state index contributed by atoms with van der Waals surface area (Å²) in [4.78, 5) is 11.8. The van der Waals surface area contributed by atoms with Crippen LogP contribution in [0.5, 0.6) is 0 Å². The lowest BCUT2D eigenvalue weighted by Crippen LogP contribution is -2.40. The number of sulfone groups is 1. The van der Waals surface area contributed by atoms with E-state index in [-0.39, 0.29) is 23.2 Å². The number of furan rings is 1. The first-order valence-corrected chi connectivity index (χ1v) is 8.62. The van der Waals surface area contributed by atoms with Gasteiger partial charge in [-0.2, -0.15) is 0 Å². The molecule has 3 rings (SSSR count). The van der Waals surface area contributed by atoms with Crippen molar-refractivity contribution in [2.75, 3.05) is 29.5 Å². The van der Waals surface area contributed by atoms with Gasteiger partial charge in [0.15, 0.2) is 20.6 Å². The fourth-order valence-electron chi connectivity index (χ4n) is 1.89. The van der Waals surface area contributed by atoms with Gasteiger partial charge in [-0.3, -0.25) is 10.1 Å². The summed E-state index contributed by atoms with van der Waals surface area (Å²) >= 11 is 1.21. The van der Waals surface area contributed by atoms with Gasteiger partial charge in [0.25, 0.3) is 0 Å². The molecule has 1 aliphatic heterocycles. The Bertz CT molecular complexity index is 767. The van der Waals surface area contributed by atoms with Crippen LogP contribution in [0, 0.1) is 10.1 Å². The maximum absolute atomic E-state index is 11.4. The molecule has 112 valence electrons. The van der Waals surface area contributed by atoms with Gasteiger partial charge in [0, 0.05) is 13.1 Å². The number of rotatable bonds is 3. The minimum absolute atomic E-state index is 0.0914. The van der Waals surface area contributed by atoms with Crippen LogP contribution in [-0.4, -0.2) is 48.1 Å². The van der Waals surface area contributed by atoms with Crippen LogP contribution in [0.15, 0.2) is 16.5 Å². The third-order valence-electron chi connectivity index (χ3n) is 3.01. The Labute approximate surface area is 123 Å². The Morgan fingerprint density at radius 1 is 1.29 bits per heavy atom. The van der Waals surface area contributed by atoms with Crippen molar-refractivity contribution < 1.29 is 17.8 Å². The van der Waals surface area contributed by atoms with Gasteiger partial charge in [-0.05, 0) is 6.07 Å². The van der Waals surface area contributed by atoms with Crippen LogP contribution in [0.2, 0.25) is 0 Å². The van der Waals surface area contributed by atoms with Crippen LogP contribution in [-0.2, 0) is 9.84 Å². The molecule has 1 fully saturated rings. The Balaban J connectivity index is 1.78. The predicted octanol–water partition coefficient (Wildman–Crippen LogP) is 0.941. The smallest absolute Gasteiger partial charge is 0.398 e. The highest BCUT2D eigenvalue weighted by Crippen LogP contribution is 2.32. The first-order valence-electron chi connectivity index (χ1n) is 5.98. The second-order valence-electron chi connectivity index (χ2n) is 4.42. The minimum atomic E-state index is -2.95. The number of nitro groups is 1. The molecule has 3 heterocycles. The molecule has 9 nitrogen and oxygen atoms in total. The fraction of sp³-hybridized carbons (Fsp3) is 0.400. The molecule has 0 saturated carbocycles. The molecule has 0 aromatic carbocycles. The molecule has 0 spiro atoms. The zero-order valence-electron chi connectivity index (χ0n) is 10.6. The summed E-state index contributed by atoms with van der Waals surface area (Å²) in [5, 5.41) is 19.5. The lowest BCUT2D eigenvalue weighted by molar-refractivity contribution is -0.401. The van der Waals surface area contributed by atoms with E-state index in [1.165, 1.54) is 23.5 Å². The molecule has 11 heteroatoms. The molecule has 0 aliphatic carbocycles. The van der Waals surface area contributed by atoms with Crippen LogP contribution >= 0.6 is 11.3 Å². The van der Waals surface area contributed by atoms with Gasteiger partial charge < -0.3 is 9.32 Å². The van der Waals surface area contributed by atoms with Crippen molar-refractivity contribution in [3.63, 3.8) is 0 Å². The topological polar surface area (TPSA) is 119 Å². The highest BCUT2D eigenvalue weighted by atomic mass is 32.2. The zero-order chi connectivity index (χ0) is 15.0. The molecule has 0 bridgehead atoms. The summed E-state index contributed by atoms with van der Waals surface area (Å²) in [6.07, 6.45) is 0. The zero-order valence-corrected chi connectivity index (χ0v) is 12.3. The number of nitrogens with zero attached hydrogens (tertiary/aromatic N) is 4. The molecule has 0 atom stereocenters. The van der Waals surface area contributed by atoms with Crippen molar-refractivity contribution in [1.29, 1.82) is 0 Å². The molecular formula is C10H10N4O5S2. The molecule has 21 heavy (non-hydrogen) atoms. The Hall–Kier alpha value is -2.01. The first kappa shape index (κ1) is 13.9. The van der Waals surface area contributed by atoms with Gasteiger partial charge in [-0.25, -0.2) is 8.42 Å². The highest BCUT2D eigenvalue weighted by molar-refractivity contribution is 7.91. The molecule has 2 aromatic heterocycles. The van der Waals surface area contributed by atoms with Crippen LogP contribution in [0.25, 0.3) is 10.8 Å². The number of aromatic nitrogens is 2. The van der Waals surface area contributed by atoms with E-state index < -0.39 is 14.8 Å². The van der Waals surface area contributed by atoms with E-state index in [0.717, 1.165) is 0 Å². The van der Waals surface area contributed by atoms with E-state index in [1.54, 1.807) is 0 Å². The monoisotopic (exact) mass is 330 g/mol. The Kier molecular flexibility index (Phi) is 3.37. The molecule has 0 N–H and O–H groups in total. The molecule has 0 radical (unpaired) electrons. The van der Waals surface area contributed by atoms with E-state index in [4.69, 9.17) is 4.42 Å². The summed E-state index contributed by atoms with van der Waals surface area (Å²) in [7, 11) is -2.95. The van der Waals surface area contributed by atoms with Crippen molar-refractivity contribution in [1.82, 2.24) is 10.2 Å². The van der Waals surface area contributed by atoms with Crippen LogP contribution in [0.3, 0.4) is 0 Å². The largest absolute Gasteiger partial charge is 0.433 e. The average Bonchev–Trinajstić information content (AvgIpc) is 3.07. The van der Waals surface area contributed by atoms with Gasteiger partial charge in [0.1, 0.15) is 4.92 Å². The summed E-state index contributed by atoms with van der Waals surface area (Å²) in [6, 6.07) is 2.72. The Morgan fingerprint density at radius 3 is 2.62 bits per heavy atom. The van der Waals surface area contributed by atoms with E-state index >= 15 is 0 Å². The van der Waals surface area contributed by atoms with Crippen molar-refractivity contribution in [3.8, 4) is 10.8 Å². The van der Waals surface area contributed by atoms with Gasteiger partial charge in [-0.15, -0.1) is 10.2 Å². The SMILES string of the molecule is O=[N+]([O-])c1ccc(-c2nnc(N3CCS(=O)(=O)CC3)s2)o1. The third kappa shape index (κ3) is 2.88. The summed E-state index contributed by atoms with van der Waals surface area (Å²) in [6.45, 7) is 0.741. The highest BCUT2D eigenvalue weighted by Gasteiger charge is 2.25. The second kappa shape index (κ2) is 5.07. The minimum Gasteiger partial charge on any atom is -0.398 e. The Morgan fingerprint density at radius 2 is 2.00 bits per heavy atom. The third-order valence-corrected chi connectivity index (χ3v) is 5.62. The van der Waals surface area contributed by atoms with Crippen molar-refractivity contribution in [2.45, 2.75) is 0 Å². The van der Waals surface area contributed by atoms with Gasteiger partial charge in [0.2, 0.25) is 5.13 Å². The van der Waals surface area contributed by atoms with Crippen LogP contribution in [0.1, 0.15) is 0 Å². The first-order chi connectivity index (χ1) is 9.94. The summed E-state index contributed by atoms with van der Waals surface area (Å²) in [5.74, 6) is 0.100. The second-order valence-corrected chi connectivity index (χ2v) is 7.68. The van der Waals surface area contributed by atoms with E-state index in [0.29, 0.717) is 23.2 Å². The quantitative estimate of drug-likeness (QED) is 0.602. The van der Waals surface area contributed by atoms with E-state index in [2.05, 4.69) is 10.2 Å². The fourth-order valence-corrected chi connectivity index (χ4v) is 3.95. The van der Waals surface area contributed by atoms with Gasteiger partial charge in [-0.1, -0.05) is 11.3 Å². The van der Waals surface area contributed by atoms with Crippen molar-refractivity contribution >= 4 is 32.2 Å². The lowest BCUT2D eigenvalue weighted by Gasteiger charge is -2.25. The van der Waals surface area contributed by atoms with Crippen molar-refractivity contribution in [3.05, 3.63) is 22.2 Å². The molecule has 2 aromatic rings. The van der Waals surface area contributed by atoms with Gasteiger partial charge >= 0.3 is 5.88 Å². The molecule has 0 amide bonds. The van der Waals surface area contributed by atoms with Crippen LogP contribution in [0.4, 0.5) is 11.0 Å². The standard InChI is InChI=1S/C10H10N4O5S2/c15-14(16)8-2-1-7(19-8)9-11-12-10(20-9)13-3-5-21(17,18)6-4-13/h1-2H,3-6H2. The number of anilines is 1. The molecule has 1 aliphatic rings. The lowest BCUT2D eigenvalue weighted by atomic mass is 10.5. The maximum atomic E-state index is 11.4. The molecular weight excluding hydrogens is 320 g/mol. The van der Waals surface area contributed by atoms with Gasteiger partial charge in [0.05, 0.1) is 17.6 Å². The molecule has 0 unspecified atom stereocenters. The number of hydrogen-bond acceptors (Lipinski definition) is 9. The van der Waals surface area contributed by atoms with E-state index in [9.17, 15) is 18.5 Å². The number of hydrogen-bond donors (Lipinski definition) is 0. The molecule has 1 saturated heterocycles. The average molecular weight is 330 g/mol.